The highest BCUT2D eigenvalue weighted by Gasteiger charge is 2.25. The van der Waals surface area contributed by atoms with Gasteiger partial charge in [-0.2, -0.15) is 0 Å². The molecule has 1 atom stereocenters. The van der Waals surface area contributed by atoms with Gasteiger partial charge in [-0.15, -0.1) is 0 Å². The van der Waals surface area contributed by atoms with E-state index in [1.165, 1.54) is 13.3 Å². The van der Waals surface area contributed by atoms with Crippen LogP contribution in [-0.2, 0) is 9.53 Å². The number of oxazole rings is 1. The van der Waals surface area contributed by atoms with Crippen LogP contribution in [0.1, 0.15) is 24.0 Å². The first-order chi connectivity index (χ1) is 7.52. The summed E-state index contributed by atoms with van der Waals surface area (Å²) in [7, 11) is 1.23. The normalized spacial score (nSPS) is 12.1. The van der Waals surface area contributed by atoms with Crippen LogP contribution in [0.15, 0.2) is 10.6 Å². The van der Waals surface area contributed by atoms with E-state index in [9.17, 15) is 14.9 Å². The lowest BCUT2D eigenvalue weighted by atomic mass is 10.0. The number of rotatable bonds is 5. The number of hydrogen-bond acceptors (Lipinski definition) is 6. The van der Waals surface area contributed by atoms with Gasteiger partial charge in [-0.3, -0.25) is 14.9 Å². The first-order valence-electron chi connectivity index (χ1n) is 4.64. The molecule has 0 saturated heterocycles. The molecular formula is C9H12N2O5. The van der Waals surface area contributed by atoms with E-state index >= 15 is 0 Å². The zero-order valence-electron chi connectivity index (χ0n) is 9.00. The van der Waals surface area contributed by atoms with Crippen molar-refractivity contribution in [1.29, 1.82) is 0 Å². The molecule has 88 valence electrons. The summed E-state index contributed by atoms with van der Waals surface area (Å²) >= 11 is 0. The molecule has 0 saturated carbocycles. The fraction of sp³-hybridized carbons (Fsp3) is 0.556. The van der Waals surface area contributed by atoms with Gasteiger partial charge in [0.2, 0.25) is 6.54 Å². The molecule has 1 aromatic heterocycles. The van der Waals surface area contributed by atoms with Gasteiger partial charge in [-0.25, -0.2) is 4.98 Å². The molecule has 0 aromatic carbocycles. The van der Waals surface area contributed by atoms with Crippen LogP contribution in [0.5, 0.6) is 0 Å². The van der Waals surface area contributed by atoms with Crippen molar-refractivity contribution in [3.8, 4) is 0 Å². The summed E-state index contributed by atoms with van der Waals surface area (Å²) < 4.78 is 9.64. The second kappa shape index (κ2) is 5.24. The maximum atomic E-state index is 11.1. The molecule has 16 heavy (non-hydrogen) atoms. The molecule has 1 unspecified atom stereocenters. The summed E-state index contributed by atoms with van der Waals surface area (Å²) in [6, 6.07) is 0. The van der Waals surface area contributed by atoms with Crippen molar-refractivity contribution in [2.75, 3.05) is 13.7 Å². The van der Waals surface area contributed by atoms with Crippen LogP contribution in [0.3, 0.4) is 0 Å². The summed E-state index contributed by atoms with van der Waals surface area (Å²) in [4.78, 5) is 24.9. The first kappa shape index (κ1) is 12.2. The number of aromatic nitrogens is 1. The highest BCUT2D eigenvalue weighted by Crippen LogP contribution is 2.21. The predicted octanol–water partition coefficient (Wildman–Crippen LogP) is 0.906. The SMILES string of the molecule is COC(=O)CC(C[N+](=O)[O-])c1cnc(C)o1. The van der Waals surface area contributed by atoms with E-state index in [0.717, 1.165) is 0 Å². The van der Waals surface area contributed by atoms with E-state index in [-0.39, 0.29) is 13.0 Å². The Bertz CT molecular complexity index is 387. The molecule has 1 heterocycles. The fourth-order valence-electron chi connectivity index (χ4n) is 1.29. The molecule has 0 radical (unpaired) electrons. The van der Waals surface area contributed by atoms with E-state index in [1.807, 2.05) is 0 Å². The lowest BCUT2D eigenvalue weighted by molar-refractivity contribution is -0.483. The van der Waals surface area contributed by atoms with Gasteiger partial charge >= 0.3 is 5.97 Å². The average molecular weight is 228 g/mol. The van der Waals surface area contributed by atoms with Crippen molar-refractivity contribution >= 4 is 5.97 Å². The summed E-state index contributed by atoms with van der Waals surface area (Å²) in [5, 5.41) is 10.5. The van der Waals surface area contributed by atoms with Crippen molar-refractivity contribution in [1.82, 2.24) is 4.98 Å². The highest BCUT2D eigenvalue weighted by molar-refractivity contribution is 5.70. The third kappa shape index (κ3) is 3.34. The van der Waals surface area contributed by atoms with Gasteiger partial charge in [0, 0.05) is 11.8 Å². The molecule has 0 bridgehead atoms. The lowest BCUT2D eigenvalue weighted by Crippen LogP contribution is -2.16. The average Bonchev–Trinajstić information content (AvgIpc) is 2.63. The van der Waals surface area contributed by atoms with Crippen LogP contribution in [0, 0.1) is 17.0 Å². The zero-order valence-corrected chi connectivity index (χ0v) is 9.00. The van der Waals surface area contributed by atoms with Gasteiger partial charge < -0.3 is 9.15 Å². The van der Waals surface area contributed by atoms with Gasteiger partial charge in [-0.05, 0) is 0 Å². The van der Waals surface area contributed by atoms with Gasteiger partial charge in [0.15, 0.2) is 5.89 Å². The van der Waals surface area contributed by atoms with Crippen molar-refractivity contribution in [2.45, 2.75) is 19.3 Å². The maximum Gasteiger partial charge on any atom is 0.306 e. The van der Waals surface area contributed by atoms with Crippen molar-refractivity contribution in [3.63, 3.8) is 0 Å². The lowest BCUT2D eigenvalue weighted by Gasteiger charge is -2.07. The molecule has 7 heteroatoms. The largest absolute Gasteiger partial charge is 0.469 e. The van der Waals surface area contributed by atoms with E-state index in [4.69, 9.17) is 4.42 Å². The number of carbonyl (C=O) groups is 1. The molecule has 0 amide bonds. The Kier molecular flexibility index (Phi) is 3.98. The Morgan fingerprint density at radius 2 is 2.44 bits per heavy atom. The molecule has 7 nitrogen and oxygen atoms in total. The molecule has 1 aromatic rings. The van der Waals surface area contributed by atoms with Gasteiger partial charge in [0.05, 0.1) is 25.6 Å². The third-order valence-corrected chi connectivity index (χ3v) is 2.05. The monoisotopic (exact) mass is 228 g/mol. The summed E-state index contributed by atoms with van der Waals surface area (Å²) in [5.74, 6) is -0.405. The molecule has 0 N–H and O–H groups in total. The number of esters is 1. The number of nitro groups is 1. The van der Waals surface area contributed by atoms with Crippen LogP contribution in [0.25, 0.3) is 0 Å². The van der Waals surface area contributed by atoms with Gasteiger partial charge in [-0.1, -0.05) is 0 Å². The Hall–Kier alpha value is -1.92. The van der Waals surface area contributed by atoms with Crippen LogP contribution in [-0.4, -0.2) is 29.5 Å². The second-order valence-electron chi connectivity index (χ2n) is 3.27. The number of ether oxygens (including phenoxy) is 1. The standard InChI is InChI=1S/C9H12N2O5/c1-6-10-4-8(16-6)7(5-11(13)14)3-9(12)15-2/h4,7H,3,5H2,1-2H3. The number of nitrogens with zero attached hydrogens (tertiary/aromatic N) is 2. The van der Waals surface area contributed by atoms with Gasteiger partial charge in [0.25, 0.3) is 0 Å². The van der Waals surface area contributed by atoms with E-state index < -0.39 is 16.8 Å². The highest BCUT2D eigenvalue weighted by atomic mass is 16.6. The van der Waals surface area contributed by atoms with Gasteiger partial charge in [0.1, 0.15) is 5.76 Å². The number of methoxy groups -OCH3 is 1. The topological polar surface area (TPSA) is 95.5 Å². The maximum absolute atomic E-state index is 11.1. The van der Waals surface area contributed by atoms with E-state index in [0.29, 0.717) is 11.7 Å². The van der Waals surface area contributed by atoms with Crippen LogP contribution in [0.4, 0.5) is 0 Å². The molecule has 0 aliphatic rings. The second-order valence-corrected chi connectivity index (χ2v) is 3.27. The number of hydrogen-bond donors (Lipinski definition) is 0. The first-order valence-corrected chi connectivity index (χ1v) is 4.64. The Morgan fingerprint density at radius 1 is 1.75 bits per heavy atom. The minimum atomic E-state index is -0.636. The summed E-state index contributed by atoms with van der Waals surface area (Å²) in [6.45, 7) is 1.24. The summed E-state index contributed by atoms with van der Waals surface area (Å²) in [5.41, 5.74) is 0. The van der Waals surface area contributed by atoms with Crippen molar-refractivity contribution < 1.29 is 18.9 Å². The minimum Gasteiger partial charge on any atom is -0.469 e. The molecule has 0 aliphatic carbocycles. The van der Waals surface area contributed by atoms with Crippen LogP contribution >= 0.6 is 0 Å². The smallest absolute Gasteiger partial charge is 0.306 e. The van der Waals surface area contributed by atoms with E-state index in [2.05, 4.69) is 9.72 Å². The molecular weight excluding hydrogens is 216 g/mol. The van der Waals surface area contributed by atoms with Crippen molar-refractivity contribution in [2.24, 2.45) is 0 Å². The fourth-order valence-corrected chi connectivity index (χ4v) is 1.29. The van der Waals surface area contributed by atoms with Crippen molar-refractivity contribution in [3.05, 3.63) is 28.0 Å². The van der Waals surface area contributed by atoms with Crippen LogP contribution in [0.2, 0.25) is 0 Å². The zero-order chi connectivity index (χ0) is 12.1. The Labute approximate surface area is 91.6 Å². The Balaban J connectivity index is 2.78. The molecule has 0 fully saturated rings. The quantitative estimate of drug-likeness (QED) is 0.422. The molecule has 0 spiro atoms. The third-order valence-electron chi connectivity index (χ3n) is 2.05. The predicted molar refractivity (Wildman–Crippen MR) is 52.5 cm³/mol. The van der Waals surface area contributed by atoms with E-state index in [1.54, 1.807) is 6.92 Å². The number of aryl methyl sites for hydroxylation is 1. The molecule has 1 rings (SSSR count). The summed E-state index contributed by atoms with van der Waals surface area (Å²) in [6.07, 6.45) is 1.30. The Morgan fingerprint density at radius 3 is 2.88 bits per heavy atom. The molecule has 0 aliphatic heterocycles. The van der Waals surface area contributed by atoms with Crippen LogP contribution < -0.4 is 0 Å². The minimum absolute atomic E-state index is 0.0912. The number of carbonyl (C=O) groups excluding carboxylic acids is 1.